The third-order valence-corrected chi connectivity index (χ3v) is 3.48. The molecule has 0 unspecified atom stereocenters. The molecule has 0 aromatic heterocycles. The maximum atomic E-state index is 9.50. The van der Waals surface area contributed by atoms with Gasteiger partial charge < -0.3 is 9.84 Å². The zero-order valence-electron chi connectivity index (χ0n) is 10.3. The lowest BCUT2D eigenvalue weighted by Crippen LogP contribution is -2.23. The van der Waals surface area contributed by atoms with Crippen molar-refractivity contribution in [1.82, 2.24) is 0 Å². The zero-order chi connectivity index (χ0) is 12.5. The molecule has 0 aliphatic carbocycles. The molecule has 92 valence electrons. The van der Waals surface area contributed by atoms with Crippen molar-refractivity contribution in [2.75, 3.05) is 0 Å². The standard InChI is InChI=1S/C16H16O2/c1-11-9-13-10-14(17)7-8-15(13)18-16(11)12-5-3-2-4-6-12/h2-8,10-11,16-17H,9H2,1H3/t11-,16-/m0/s1. The van der Waals surface area contributed by atoms with E-state index in [1.807, 2.05) is 24.3 Å². The molecular formula is C16H16O2. The second kappa shape index (κ2) is 4.37. The van der Waals surface area contributed by atoms with Crippen molar-refractivity contribution >= 4 is 0 Å². The highest BCUT2D eigenvalue weighted by Crippen LogP contribution is 2.39. The molecule has 2 atom stereocenters. The fourth-order valence-corrected chi connectivity index (χ4v) is 2.59. The lowest BCUT2D eigenvalue weighted by atomic mass is 9.88. The summed E-state index contributed by atoms with van der Waals surface area (Å²) in [5.74, 6) is 1.60. The van der Waals surface area contributed by atoms with Crippen LogP contribution in [0.1, 0.15) is 24.2 Å². The second-order valence-corrected chi connectivity index (χ2v) is 4.92. The van der Waals surface area contributed by atoms with Crippen LogP contribution in [-0.2, 0) is 6.42 Å². The van der Waals surface area contributed by atoms with Crippen molar-refractivity contribution in [3.8, 4) is 11.5 Å². The molecule has 0 saturated heterocycles. The molecule has 0 amide bonds. The summed E-state index contributed by atoms with van der Waals surface area (Å²) in [6, 6.07) is 15.6. The molecule has 3 rings (SSSR count). The zero-order valence-corrected chi connectivity index (χ0v) is 10.3. The maximum absolute atomic E-state index is 9.50. The third kappa shape index (κ3) is 1.94. The average molecular weight is 240 g/mol. The molecule has 1 aliphatic heterocycles. The minimum absolute atomic E-state index is 0.100. The van der Waals surface area contributed by atoms with Gasteiger partial charge in [-0.2, -0.15) is 0 Å². The van der Waals surface area contributed by atoms with Gasteiger partial charge in [0.05, 0.1) is 0 Å². The van der Waals surface area contributed by atoms with E-state index in [1.165, 1.54) is 5.56 Å². The number of rotatable bonds is 1. The molecule has 18 heavy (non-hydrogen) atoms. The summed E-state index contributed by atoms with van der Waals surface area (Å²) in [6.07, 6.45) is 1.03. The van der Waals surface area contributed by atoms with Gasteiger partial charge in [-0.1, -0.05) is 37.3 Å². The number of benzene rings is 2. The first-order valence-corrected chi connectivity index (χ1v) is 6.27. The Bertz CT molecular complexity index is 548. The molecule has 0 radical (unpaired) electrons. The quantitative estimate of drug-likeness (QED) is 0.823. The summed E-state index contributed by atoms with van der Waals surface area (Å²) in [6.45, 7) is 2.19. The van der Waals surface area contributed by atoms with Crippen molar-refractivity contribution in [3.05, 3.63) is 59.7 Å². The van der Waals surface area contributed by atoms with E-state index in [0.717, 1.165) is 17.7 Å². The van der Waals surface area contributed by atoms with Crippen LogP contribution < -0.4 is 4.74 Å². The summed E-state index contributed by atoms with van der Waals surface area (Å²) in [7, 11) is 0. The van der Waals surface area contributed by atoms with Crippen molar-refractivity contribution < 1.29 is 9.84 Å². The summed E-state index contributed by atoms with van der Waals surface area (Å²) < 4.78 is 6.07. The number of hydrogen-bond donors (Lipinski definition) is 1. The van der Waals surface area contributed by atoms with E-state index in [1.54, 1.807) is 12.1 Å². The van der Waals surface area contributed by atoms with E-state index < -0.39 is 0 Å². The topological polar surface area (TPSA) is 29.5 Å². The molecule has 2 nitrogen and oxygen atoms in total. The molecule has 2 aromatic rings. The third-order valence-electron chi connectivity index (χ3n) is 3.48. The van der Waals surface area contributed by atoms with Crippen molar-refractivity contribution in [3.63, 3.8) is 0 Å². The van der Waals surface area contributed by atoms with Gasteiger partial charge >= 0.3 is 0 Å². The second-order valence-electron chi connectivity index (χ2n) is 4.92. The molecule has 1 N–H and O–H groups in total. The van der Waals surface area contributed by atoms with Crippen LogP contribution in [0.2, 0.25) is 0 Å². The minimum Gasteiger partial charge on any atom is -0.508 e. The fourth-order valence-electron chi connectivity index (χ4n) is 2.59. The van der Waals surface area contributed by atoms with Crippen LogP contribution in [0.3, 0.4) is 0 Å². The molecule has 1 aliphatic rings. The first-order valence-electron chi connectivity index (χ1n) is 6.27. The van der Waals surface area contributed by atoms with Crippen LogP contribution in [0.5, 0.6) is 11.5 Å². The highest BCUT2D eigenvalue weighted by Gasteiger charge is 2.28. The Kier molecular flexibility index (Phi) is 2.71. The average Bonchev–Trinajstić information content (AvgIpc) is 2.39. The summed E-state index contributed by atoms with van der Waals surface area (Å²) in [5.41, 5.74) is 2.30. The van der Waals surface area contributed by atoms with E-state index >= 15 is 0 Å². The predicted molar refractivity (Wildman–Crippen MR) is 70.8 cm³/mol. The molecule has 2 heteroatoms. The van der Waals surface area contributed by atoms with Gasteiger partial charge in [-0.05, 0) is 35.7 Å². The first-order chi connectivity index (χ1) is 8.74. The summed E-state index contributed by atoms with van der Waals surface area (Å²) >= 11 is 0. The number of phenols is 1. The number of ether oxygens (including phenoxy) is 1. The Hall–Kier alpha value is -1.96. The van der Waals surface area contributed by atoms with Gasteiger partial charge in [-0.3, -0.25) is 0 Å². The summed E-state index contributed by atoms with van der Waals surface area (Å²) in [4.78, 5) is 0. The van der Waals surface area contributed by atoms with Gasteiger partial charge in [-0.25, -0.2) is 0 Å². The lowest BCUT2D eigenvalue weighted by Gasteiger charge is -2.32. The van der Waals surface area contributed by atoms with Crippen molar-refractivity contribution in [2.24, 2.45) is 5.92 Å². The van der Waals surface area contributed by atoms with Crippen LogP contribution in [-0.4, -0.2) is 5.11 Å². The Morgan fingerprint density at radius 1 is 1.11 bits per heavy atom. The molecule has 1 heterocycles. The van der Waals surface area contributed by atoms with Gasteiger partial charge in [-0.15, -0.1) is 0 Å². The van der Waals surface area contributed by atoms with Gasteiger partial charge in [0.25, 0.3) is 0 Å². The monoisotopic (exact) mass is 240 g/mol. The summed E-state index contributed by atoms with van der Waals surface area (Å²) in [5, 5.41) is 9.50. The van der Waals surface area contributed by atoms with Gasteiger partial charge in [0.1, 0.15) is 17.6 Å². The van der Waals surface area contributed by atoms with E-state index in [4.69, 9.17) is 4.74 Å². The Balaban J connectivity index is 1.95. The molecule has 2 aromatic carbocycles. The number of aromatic hydroxyl groups is 1. The Morgan fingerprint density at radius 2 is 1.89 bits per heavy atom. The van der Waals surface area contributed by atoms with E-state index in [2.05, 4.69) is 19.1 Å². The molecular weight excluding hydrogens is 224 g/mol. The van der Waals surface area contributed by atoms with E-state index in [0.29, 0.717) is 11.7 Å². The number of fused-ring (bicyclic) bond motifs is 1. The number of hydrogen-bond acceptors (Lipinski definition) is 2. The van der Waals surface area contributed by atoms with Crippen LogP contribution >= 0.6 is 0 Å². The van der Waals surface area contributed by atoms with E-state index in [-0.39, 0.29) is 6.10 Å². The lowest BCUT2D eigenvalue weighted by molar-refractivity contribution is 0.123. The van der Waals surface area contributed by atoms with Crippen LogP contribution in [0.4, 0.5) is 0 Å². The van der Waals surface area contributed by atoms with E-state index in [9.17, 15) is 5.11 Å². The maximum Gasteiger partial charge on any atom is 0.127 e. The first kappa shape index (κ1) is 11.1. The smallest absolute Gasteiger partial charge is 0.127 e. The highest BCUT2D eigenvalue weighted by molar-refractivity contribution is 5.42. The molecule has 0 saturated carbocycles. The predicted octanol–water partition coefficient (Wildman–Crippen LogP) is 3.70. The Morgan fingerprint density at radius 3 is 2.67 bits per heavy atom. The largest absolute Gasteiger partial charge is 0.508 e. The molecule has 0 bridgehead atoms. The normalized spacial score (nSPS) is 22.1. The molecule has 0 spiro atoms. The van der Waals surface area contributed by atoms with Gasteiger partial charge in [0, 0.05) is 5.92 Å². The number of phenolic OH excluding ortho intramolecular Hbond substituents is 1. The minimum atomic E-state index is 0.100. The SMILES string of the molecule is C[C@H]1Cc2cc(O)ccc2O[C@@H]1c1ccccc1. The van der Waals surface area contributed by atoms with Crippen LogP contribution in [0, 0.1) is 5.92 Å². The molecule has 0 fully saturated rings. The highest BCUT2D eigenvalue weighted by atomic mass is 16.5. The van der Waals surface area contributed by atoms with Crippen molar-refractivity contribution in [1.29, 1.82) is 0 Å². The Labute approximate surface area is 107 Å². The van der Waals surface area contributed by atoms with Crippen molar-refractivity contribution in [2.45, 2.75) is 19.4 Å². The van der Waals surface area contributed by atoms with Gasteiger partial charge in [0.15, 0.2) is 0 Å². The fraction of sp³-hybridized carbons (Fsp3) is 0.250. The van der Waals surface area contributed by atoms with Crippen LogP contribution in [0.25, 0.3) is 0 Å². The van der Waals surface area contributed by atoms with Gasteiger partial charge in [0.2, 0.25) is 0 Å². The van der Waals surface area contributed by atoms with Crippen LogP contribution in [0.15, 0.2) is 48.5 Å².